The second-order valence-electron chi connectivity index (χ2n) is 8.12. The van der Waals surface area contributed by atoms with Crippen LogP contribution in [0, 0.1) is 6.92 Å². The van der Waals surface area contributed by atoms with Gasteiger partial charge in [0.1, 0.15) is 11.8 Å². The second-order valence-corrected chi connectivity index (χ2v) is 8.53. The van der Waals surface area contributed by atoms with Crippen LogP contribution in [0.3, 0.4) is 0 Å². The van der Waals surface area contributed by atoms with Crippen molar-refractivity contribution in [3.8, 4) is 5.75 Å². The van der Waals surface area contributed by atoms with E-state index in [0.717, 1.165) is 36.8 Å². The first-order valence-electron chi connectivity index (χ1n) is 11.0. The van der Waals surface area contributed by atoms with Crippen molar-refractivity contribution in [3.05, 3.63) is 64.7 Å². The Morgan fingerprint density at radius 1 is 1.16 bits per heavy atom. The predicted octanol–water partition coefficient (Wildman–Crippen LogP) is 4.89. The molecule has 1 aliphatic rings. The first kappa shape index (κ1) is 23.1. The third-order valence-corrected chi connectivity index (χ3v) is 6.20. The number of ether oxygens (including phenoxy) is 1. The highest BCUT2D eigenvalue weighted by atomic mass is 35.5. The van der Waals surface area contributed by atoms with Gasteiger partial charge in [0.2, 0.25) is 5.91 Å². The third-order valence-electron chi connectivity index (χ3n) is 5.77. The molecule has 2 amide bonds. The first-order chi connectivity index (χ1) is 15.0. The summed E-state index contributed by atoms with van der Waals surface area (Å²) in [6.45, 7) is 4.05. The highest BCUT2D eigenvalue weighted by Gasteiger charge is 2.30. The Labute approximate surface area is 189 Å². The van der Waals surface area contributed by atoms with Gasteiger partial charge in [-0.05, 0) is 55.5 Å². The monoisotopic (exact) mass is 442 g/mol. The molecule has 0 saturated heterocycles. The Morgan fingerprint density at radius 2 is 1.87 bits per heavy atom. The van der Waals surface area contributed by atoms with E-state index in [4.69, 9.17) is 16.3 Å². The molecule has 0 aliphatic heterocycles. The standard InChI is InChI=1S/C25H31ClN2O3/c1-3-23(25(30)27-20-11-7-8-12-20)28(16-19-9-5-4-6-10-19)24(29)17-31-21-13-14-22(26)18(2)15-21/h4-6,9-10,13-15,20,23H,3,7-8,11-12,16-17H2,1-2H3,(H,27,30)/t23-/m1/s1. The van der Waals surface area contributed by atoms with E-state index in [2.05, 4.69) is 5.32 Å². The first-order valence-corrected chi connectivity index (χ1v) is 11.4. The summed E-state index contributed by atoms with van der Waals surface area (Å²) in [5, 5.41) is 3.80. The molecule has 3 rings (SSSR count). The summed E-state index contributed by atoms with van der Waals surface area (Å²) in [5.74, 6) is 0.282. The van der Waals surface area contributed by atoms with Crippen molar-refractivity contribution in [1.82, 2.24) is 10.2 Å². The summed E-state index contributed by atoms with van der Waals surface area (Å²) >= 11 is 6.07. The maximum atomic E-state index is 13.2. The number of amides is 2. The van der Waals surface area contributed by atoms with Gasteiger partial charge in [-0.1, -0.05) is 61.7 Å². The summed E-state index contributed by atoms with van der Waals surface area (Å²) in [6, 6.07) is 14.7. The van der Waals surface area contributed by atoms with Gasteiger partial charge in [0.15, 0.2) is 6.61 Å². The molecule has 0 spiro atoms. The van der Waals surface area contributed by atoms with Crippen molar-refractivity contribution in [1.29, 1.82) is 0 Å². The van der Waals surface area contributed by atoms with Gasteiger partial charge in [0.25, 0.3) is 5.91 Å². The van der Waals surface area contributed by atoms with Crippen LogP contribution in [-0.4, -0.2) is 35.4 Å². The molecule has 5 nitrogen and oxygen atoms in total. The van der Waals surface area contributed by atoms with Crippen molar-refractivity contribution in [3.63, 3.8) is 0 Å². The number of nitrogens with one attached hydrogen (secondary N) is 1. The zero-order valence-corrected chi connectivity index (χ0v) is 19.0. The van der Waals surface area contributed by atoms with Gasteiger partial charge in [0, 0.05) is 17.6 Å². The van der Waals surface area contributed by atoms with Crippen LogP contribution in [0.2, 0.25) is 5.02 Å². The Kier molecular flexibility index (Phi) is 8.35. The summed E-state index contributed by atoms with van der Waals surface area (Å²) in [5.41, 5.74) is 1.86. The molecule has 0 unspecified atom stereocenters. The van der Waals surface area contributed by atoms with Gasteiger partial charge < -0.3 is 15.0 Å². The molecule has 1 fully saturated rings. The summed E-state index contributed by atoms with van der Waals surface area (Å²) in [6.07, 6.45) is 4.84. The quantitative estimate of drug-likeness (QED) is 0.601. The molecule has 1 atom stereocenters. The molecule has 0 heterocycles. The largest absolute Gasteiger partial charge is 0.484 e. The van der Waals surface area contributed by atoms with Gasteiger partial charge in [-0.15, -0.1) is 0 Å². The Hall–Kier alpha value is -2.53. The fraction of sp³-hybridized carbons (Fsp3) is 0.440. The molecular weight excluding hydrogens is 412 g/mol. The van der Waals surface area contributed by atoms with Gasteiger partial charge >= 0.3 is 0 Å². The molecule has 1 saturated carbocycles. The fourth-order valence-electron chi connectivity index (χ4n) is 4.00. The lowest BCUT2D eigenvalue weighted by atomic mass is 10.1. The molecule has 1 N–H and O–H groups in total. The highest BCUT2D eigenvalue weighted by molar-refractivity contribution is 6.31. The number of halogens is 1. The second kappa shape index (κ2) is 11.2. The molecule has 1 aliphatic carbocycles. The van der Waals surface area contributed by atoms with E-state index in [1.165, 1.54) is 0 Å². The van der Waals surface area contributed by atoms with Crippen molar-refractivity contribution >= 4 is 23.4 Å². The van der Waals surface area contributed by atoms with E-state index >= 15 is 0 Å². The number of rotatable bonds is 9. The topological polar surface area (TPSA) is 58.6 Å². The normalized spacial score (nSPS) is 14.8. The maximum absolute atomic E-state index is 13.2. The van der Waals surface area contributed by atoms with Crippen molar-refractivity contribution in [2.24, 2.45) is 0 Å². The minimum atomic E-state index is -0.538. The van der Waals surface area contributed by atoms with Crippen molar-refractivity contribution < 1.29 is 14.3 Å². The van der Waals surface area contributed by atoms with Crippen LogP contribution in [0.1, 0.15) is 50.2 Å². The van der Waals surface area contributed by atoms with E-state index < -0.39 is 6.04 Å². The molecular formula is C25H31ClN2O3. The van der Waals surface area contributed by atoms with Gasteiger partial charge in [-0.2, -0.15) is 0 Å². The minimum absolute atomic E-state index is 0.0824. The lowest BCUT2D eigenvalue weighted by Gasteiger charge is -2.31. The highest BCUT2D eigenvalue weighted by Crippen LogP contribution is 2.22. The van der Waals surface area contributed by atoms with Crippen LogP contribution in [0.4, 0.5) is 0 Å². The van der Waals surface area contributed by atoms with Crippen LogP contribution >= 0.6 is 11.6 Å². The van der Waals surface area contributed by atoms with E-state index in [0.29, 0.717) is 23.7 Å². The van der Waals surface area contributed by atoms with E-state index in [9.17, 15) is 9.59 Å². The number of nitrogens with zero attached hydrogens (tertiary/aromatic N) is 1. The number of aryl methyl sites for hydroxylation is 1. The SMILES string of the molecule is CC[C@H](C(=O)NC1CCCC1)N(Cc1ccccc1)C(=O)COc1ccc(Cl)c(C)c1. The van der Waals surface area contributed by atoms with E-state index in [1.807, 2.05) is 44.2 Å². The summed E-state index contributed by atoms with van der Waals surface area (Å²) in [4.78, 5) is 27.9. The molecule has 0 radical (unpaired) electrons. The van der Waals surface area contributed by atoms with Crippen LogP contribution in [0.25, 0.3) is 0 Å². The minimum Gasteiger partial charge on any atom is -0.484 e. The van der Waals surface area contributed by atoms with Crippen molar-refractivity contribution in [2.75, 3.05) is 6.61 Å². The molecule has 166 valence electrons. The van der Waals surface area contributed by atoms with Gasteiger partial charge in [-0.3, -0.25) is 9.59 Å². The Balaban J connectivity index is 1.73. The number of carbonyl (C=O) groups excluding carboxylic acids is 2. The van der Waals surface area contributed by atoms with E-state index in [-0.39, 0.29) is 24.5 Å². The Bertz CT molecular complexity index is 882. The Morgan fingerprint density at radius 3 is 2.52 bits per heavy atom. The molecule has 6 heteroatoms. The van der Waals surface area contributed by atoms with Crippen LogP contribution in [-0.2, 0) is 16.1 Å². The average molecular weight is 443 g/mol. The lowest BCUT2D eigenvalue weighted by Crippen LogP contribution is -2.52. The molecule has 2 aromatic rings. The number of hydrogen-bond donors (Lipinski definition) is 1. The zero-order valence-electron chi connectivity index (χ0n) is 18.3. The van der Waals surface area contributed by atoms with Crippen LogP contribution in [0.15, 0.2) is 48.5 Å². The molecule has 2 aromatic carbocycles. The molecule has 0 bridgehead atoms. The van der Waals surface area contributed by atoms with Crippen molar-refractivity contribution in [2.45, 2.75) is 64.6 Å². The van der Waals surface area contributed by atoms with Crippen LogP contribution in [0.5, 0.6) is 5.75 Å². The lowest BCUT2D eigenvalue weighted by molar-refractivity contribution is -0.143. The molecule has 0 aromatic heterocycles. The number of hydrogen-bond acceptors (Lipinski definition) is 3. The fourth-order valence-corrected chi connectivity index (χ4v) is 4.12. The number of carbonyl (C=O) groups is 2. The van der Waals surface area contributed by atoms with Gasteiger partial charge in [0.05, 0.1) is 0 Å². The summed E-state index contributed by atoms with van der Waals surface area (Å²) in [7, 11) is 0. The van der Waals surface area contributed by atoms with Gasteiger partial charge in [-0.25, -0.2) is 0 Å². The van der Waals surface area contributed by atoms with Crippen LogP contribution < -0.4 is 10.1 Å². The predicted molar refractivity (Wildman–Crippen MR) is 123 cm³/mol. The maximum Gasteiger partial charge on any atom is 0.261 e. The smallest absolute Gasteiger partial charge is 0.261 e. The molecule has 31 heavy (non-hydrogen) atoms. The number of benzene rings is 2. The van der Waals surface area contributed by atoms with E-state index in [1.54, 1.807) is 23.1 Å². The zero-order chi connectivity index (χ0) is 22.2. The third kappa shape index (κ3) is 6.47. The summed E-state index contributed by atoms with van der Waals surface area (Å²) < 4.78 is 5.75. The average Bonchev–Trinajstić information content (AvgIpc) is 3.28.